The highest BCUT2D eigenvalue weighted by Gasteiger charge is 2.25. The maximum atomic E-state index is 13.0. The number of benzene rings is 1. The number of thioether (sulfide) groups is 1. The molecule has 1 aromatic carbocycles. The lowest BCUT2D eigenvalue weighted by molar-refractivity contribution is -0.113. The van der Waals surface area contributed by atoms with Crippen molar-refractivity contribution in [3.63, 3.8) is 0 Å². The summed E-state index contributed by atoms with van der Waals surface area (Å²) in [5.41, 5.74) is 3.12. The minimum absolute atomic E-state index is 0.140. The average molecular weight is 555 g/mol. The zero-order valence-corrected chi connectivity index (χ0v) is 24.0. The smallest absolute Gasteiger partial charge is 0.341 e. The lowest BCUT2D eigenvalue weighted by Crippen LogP contribution is -2.16. The van der Waals surface area contributed by atoms with E-state index in [-0.39, 0.29) is 11.7 Å². The molecule has 0 saturated heterocycles. The fourth-order valence-corrected chi connectivity index (χ4v) is 6.73. The van der Waals surface area contributed by atoms with Gasteiger partial charge in [-0.15, -0.1) is 32.9 Å². The van der Waals surface area contributed by atoms with E-state index in [0.717, 1.165) is 40.4 Å². The summed E-state index contributed by atoms with van der Waals surface area (Å²) in [6, 6.07) is 11.8. The number of esters is 1. The van der Waals surface area contributed by atoms with Crippen molar-refractivity contribution < 1.29 is 14.3 Å². The third-order valence-corrected chi connectivity index (χ3v) is 8.95. The highest BCUT2D eigenvalue weighted by atomic mass is 32.2. The average Bonchev–Trinajstić information content (AvgIpc) is 3.60. The third kappa shape index (κ3) is 5.97. The van der Waals surface area contributed by atoms with Crippen molar-refractivity contribution in [2.45, 2.75) is 51.7 Å². The van der Waals surface area contributed by atoms with Gasteiger partial charge in [0, 0.05) is 32.8 Å². The van der Waals surface area contributed by atoms with Crippen molar-refractivity contribution in [3.8, 4) is 22.5 Å². The number of carbonyl (C=O) groups excluding carboxylic acids is 2. The molecule has 0 aliphatic rings. The molecule has 0 spiro atoms. The summed E-state index contributed by atoms with van der Waals surface area (Å²) in [7, 11) is 1.35. The first-order chi connectivity index (χ1) is 17.8. The lowest BCUT2D eigenvalue weighted by atomic mass is 10.0. The Hall–Kier alpha value is -2.95. The van der Waals surface area contributed by atoms with Crippen molar-refractivity contribution in [2.75, 3.05) is 18.2 Å². The summed E-state index contributed by atoms with van der Waals surface area (Å²) in [4.78, 5) is 27.9. The van der Waals surface area contributed by atoms with E-state index in [9.17, 15) is 9.59 Å². The largest absolute Gasteiger partial charge is 0.465 e. The van der Waals surface area contributed by atoms with Crippen molar-refractivity contribution >= 4 is 51.3 Å². The van der Waals surface area contributed by atoms with E-state index in [1.54, 1.807) is 11.3 Å². The monoisotopic (exact) mass is 554 g/mol. The molecule has 1 amide bonds. The summed E-state index contributed by atoms with van der Waals surface area (Å²) < 4.78 is 7.13. The van der Waals surface area contributed by atoms with E-state index < -0.39 is 5.97 Å². The second-order valence-corrected chi connectivity index (χ2v) is 11.9. The molecule has 7 nitrogen and oxygen atoms in total. The van der Waals surface area contributed by atoms with E-state index in [2.05, 4.69) is 52.3 Å². The number of hydrogen-bond donors (Lipinski definition) is 1. The second kappa shape index (κ2) is 12.1. The second-order valence-electron chi connectivity index (χ2n) is 8.78. The number of aryl methyl sites for hydroxylation is 1. The van der Waals surface area contributed by atoms with Gasteiger partial charge < -0.3 is 14.6 Å². The van der Waals surface area contributed by atoms with Crippen molar-refractivity contribution in [2.24, 2.45) is 0 Å². The molecule has 10 heteroatoms. The maximum Gasteiger partial charge on any atom is 0.341 e. The van der Waals surface area contributed by atoms with E-state index >= 15 is 0 Å². The van der Waals surface area contributed by atoms with Crippen LogP contribution in [0.3, 0.4) is 0 Å². The molecule has 0 aliphatic carbocycles. The van der Waals surface area contributed by atoms with E-state index in [1.165, 1.54) is 35.1 Å². The minimum Gasteiger partial charge on any atom is -0.465 e. The number of ether oxygens (including phenoxy) is 1. The summed E-state index contributed by atoms with van der Waals surface area (Å²) >= 11 is 4.44. The molecule has 0 radical (unpaired) electrons. The number of nitrogens with zero attached hydrogens (tertiary/aromatic N) is 3. The quantitative estimate of drug-likeness (QED) is 0.166. The molecule has 37 heavy (non-hydrogen) atoms. The number of nitrogens with one attached hydrogen (secondary N) is 1. The van der Waals surface area contributed by atoms with Gasteiger partial charge in [0.05, 0.1) is 12.9 Å². The lowest BCUT2D eigenvalue weighted by Gasteiger charge is -2.09. The van der Waals surface area contributed by atoms with Crippen LogP contribution in [0.25, 0.3) is 22.5 Å². The van der Waals surface area contributed by atoms with Crippen LogP contribution in [0.15, 0.2) is 46.9 Å². The molecular formula is C27H30N4O3S3. The molecular weight excluding hydrogens is 525 g/mol. The number of aromatic nitrogens is 3. The topological polar surface area (TPSA) is 86.1 Å². The van der Waals surface area contributed by atoms with Gasteiger partial charge in [0.2, 0.25) is 5.91 Å². The number of hydrogen-bond acceptors (Lipinski definition) is 8. The highest BCUT2D eigenvalue weighted by Crippen LogP contribution is 2.40. The van der Waals surface area contributed by atoms with Gasteiger partial charge in [0.25, 0.3) is 0 Å². The van der Waals surface area contributed by atoms with Crippen LogP contribution in [0, 0.1) is 6.92 Å². The van der Waals surface area contributed by atoms with Gasteiger partial charge >= 0.3 is 5.97 Å². The van der Waals surface area contributed by atoms with E-state index in [4.69, 9.17) is 4.74 Å². The van der Waals surface area contributed by atoms with Crippen molar-refractivity contribution in [3.05, 3.63) is 57.1 Å². The molecule has 0 bridgehead atoms. The van der Waals surface area contributed by atoms with Crippen LogP contribution in [0.1, 0.15) is 53.2 Å². The minimum atomic E-state index is -0.477. The van der Waals surface area contributed by atoms with E-state index in [1.807, 2.05) is 37.3 Å². The number of rotatable bonds is 10. The van der Waals surface area contributed by atoms with Crippen LogP contribution in [0.2, 0.25) is 0 Å². The molecule has 3 aromatic heterocycles. The number of methoxy groups -OCH3 is 1. The Morgan fingerprint density at radius 3 is 2.57 bits per heavy atom. The first kappa shape index (κ1) is 27.1. The molecule has 1 N–H and O–H groups in total. The Balaban J connectivity index is 1.53. The normalized spacial score (nSPS) is 11.2. The summed E-state index contributed by atoms with van der Waals surface area (Å²) in [6.07, 6.45) is 0.922. The number of thiophene rings is 2. The maximum absolute atomic E-state index is 13.0. The molecule has 4 rings (SSSR count). The van der Waals surface area contributed by atoms with Crippen LogP contribution in [-0.4, -0.2) is 39.5 Å². The Labute approximate surface area is 229 Å². The van der Waals surface area contributed by atoms with Gasteiger partial charge in [-0.1, -0.05) is 62.9 Å². The third-order valence-electron chi connectivity index (χ3n) is 5.73. The van der Waals surface area contributed by atoms with Gasteiger partial charge in [-0.2, -0.15) is 0 Å². The zero-order valence-electron chi connectivity index (χ0n) is 21.5. The Morgan fingerprint density at radius 1 is 1.16 bits per heavy atom. The predicted molar refractivity (Wildman–Crippen MR) is 153 cm³/mol. The molecule has 0 saturated carbocycles. The molecule has 3 heterocycles. The van der Waals surface area contributed by atoms with Gasteiger partial charge in [-0.3, -0.25) is 4.79 Å². The van der Waals surface area contributed by atoms with Crippen LogP contribution < -0.4 is 5.32 Å². The van der Waals surface area contributed by atoms with Crippen LogP contribution >= 0.6 is 34.4 Å². The van der Waals surface area contributed by atoms with Crippen molar-refractivity contribution in [1.82, 2.24) is 14.8 Å². The molecule has 0 fully saturated rings. The molecule has 4 aromatic rings. The Morgan fingerprint density at radius 2 is 1.92 bits per heavy atom. The fraction of sp³-hybridized carbons (Fsp3) is 0.333. The van der Waals surface area contributed by atoms with Gasteiger partial charge in [-0.25, -0.2) is 4.79 Å². The van der Waals surface area contributed by atoms with Gasteiger partial charge in [0.1, 0.15) is 10.6 Å². The van der Waals surface area contributed by atoms with Gasteiger partial charge in [-0.05, 0) is 30.9 Å². The highest BCUT2D eigenvalue weighted by molar-refractivity contribution is 7.99. The first-order valence-electron chi connectivity index (χ1n) is 12.1. The zero-order chi connectivity index (χ0) is 26.5. The Bertz CT molecular complexity index is 1390. The standard InChI is InChI=1S/C27H30N4O3S3/c1-6-12-31-24(19-13-20(16(2)3)35-14-19)29-30-27(31)36-15-21(32)28-25-23(26(33)34-5)22(17(4)37-25)18-10-8-7-9-11-18/h7-11,13-14,16H,6,12,15H2,1-5H3,(H,28,32). The van der Waals surface area contributed by atoms with Crippen LogP contribution in [-0.2, 0) is 16.1 Å². The SMILES string of the molecule is CCCn1c(SCC(=O)Nc2sc(C)c(-c3ccccc3)c2C(=O)OC)nnc1-c1csc(C(C)C)c1. The number of carbonyl (C=O) groups is 2. The Kier molecular flexibility index (Phi) is 8.83. The summed E-state index contributed by atoms with van der Waals surface area (Å²) in [5, 5.41) is 15.1. The first-order valence-corrected chi connectivity index (χ1v) is 14.7. The summed E-state index contributed by atoms with van der Waals surface area (Å²) in [6.45, 7) is 9.16. The molecule has 0 aliphatic heterocycles. The molecule has 0 atom stereocenters. The fourth-order valence-electron chi connectivity index (χ4n) is 3.98. The van der Waals surface area contributed by atoms with E-state index in [0.29, 0.717) is 21.6 Å². The molecule has 0 unspecified atom stereocenters. The predicted octanol–water partition coefficient (Wildman–Crippen LogP) is 7.09. The number of amides is 1. The molecule has 194 valence electrons. The van der Waals surface area contributed by atoms with Gasteiger partial charge in [0.15, 0.2) is 11.0 Å². The summed E-state index contributed by atoms with van der Waals surface area (Å²) in [5.74, 6) is 0.719. The van der Waals surface area contributed by atoms with Crippen LogP contribution in [0.5, 0.6) is 0 Å². The van der Waals surface area contributed by atoms with Crippen LogP contribution in [0.4, 0.5) is 5.00 Å². The number of anilines is 1. The van der Waals surface area contributed by atoms with Crippen molar-refractivity contribution in [1.29, 1.82) is 0 Å².